The lowest BCUT2D eigenvalue weighted by molar-refractivity contribution is 0.0782. The lowest BCUT2D eigenvalue weighted by Gasteiger charge is -2.23. The van der Waals surface area contributed by atoms with Crippen molar-refractivity contribution in [1.29, 1.82) is 0 Å². The third-order valence-electron chi connectivity index (χ3n) is 6.10. The predicted molar refractivity (Wildman–Crippen MR) is 118 cm³/mol. The lowest BCUT2D eigenvalue weighted by atomic mass is 10.0. The fourth-order valence-electron chi connectivity index (χ4n) is 4.67. The Morgan fingerprint density at radius 1 is 0.969 bits per heavy atom. The van der Waals surface area contributed by atoms with Crippen molar-refractivity contribution >= 4 is 11.9 Å². The second kappa shape index (κ2) is 8.54. The molecule has 2 saturated heterocycles. The number of aromatic nitrogens is 5. The standard InChI is InChI=1S/C22H25N7O2.H2O/c1-14-8-15(2)26-22(25-14)28-12-16-10-27(11-17(16)13-28)21(30)19-5-4-18(31-3)9-20(19)29-23-6-7-24-29;/h4-9,16-17H,10-13H2,1-3H3;1H2. The van der Waals surface area contributed by atoms with Gasteiger partial charge >= 0.3 is 0 Å². The Labute approximate surface area is 186 Å². The zero-order chi connectivity index (χ0) is 21.5. The molecule has 2 aromatic heterocycles. The summed E-state index contributed by atoms with van der Waals surface area (Å²) in [5.41, 5.74) is 3.16. The summed E-state index contributed by atoms with van der Waals surface area (Å²) in [5, 5.41) is 8.41. The number of hydrogen-bond acceptors (Lipinski definition) is 7. The van der Waals surface area contributed by atoms with Gasteiger partial charge in [0.2, 0.25) is 5.95 Å². The summed E-state index contributed by atoms with van der Waals surface area (Å²) in [6, 6.07) is 7.38. The number of nitrogens with zero attached hydrogens (tertiary/aromatic N) is 7. The van der Waals surface area contributed by atoms with Crippen molar-refractivity contribution in [2.24, 2.45) is 11.8 Å². The van der Waals surface area contributed by atoms with E-state index in [4.69, 9.17) is 4.74 Å². The summed E-state index contributed by atoms with van der Waals surface area (Å²) < 4.78 is 5.33. The number of methoxy groups -OCH3 is 1. The normalized spacial score (nSPS) is 19.6. The molecule has 2 aliphatic rings. The number of ether oxygens (including phenoxy) is 1. The van der Waals surface area contributed by atoms with E-state index in [1.807, 2.05) is 24.8 Å². The molecule has 10 nitrogen and oxygen atoms in total. The molecule has 5 rings (SSSR count). The van der Waals surface area contributed by atoms with Crippen LogP contribution in [0.3, 0.4) is 0 Å². The van der Waals surface area contributed by atoms with E-state index >= 15 is 0 Å². The first-order valence-electron chi connectivity index (χ1n) is 10.4. The molecule has 2 unspecified atom stereocenters. The summed E-state index contributed by atoms with van der Waals surface area (Å²) in [6.07, 6.45) is 3.19. The SMILES string of the molecule is COc1ccc(C(=O)N2CC3CN(c4nc(C)cc(C)n4)CC3C2)c(-n2nccn2)c1.O. The number of amides is 1. The molecular formula is C22H27N7O3. The minimum Gasteiger partial charge on any atom is -0.497 e. The van der Waals surface area contributed by atoms with Gasteiger partial charge in [0.25, 0.3) is 5.91 Å². The fourth-order valence-corrected chi connectivity index (χ4v) is 4.67. The Kier molecular flexibility index (Phi) is 5.79. The second-order valence-corrected chi connectivity index (χ2v) is 8.29. The molecule has 0 radical (unpaired) electrons. The monoisotopic (exact) mass is 437 g/mol. The highest BCUT2D eigenvalue weighted by Crippen LogP contribution is 2.34. The predicted octanol–water partition coefficient (Wildman–Crippen LogP) is 1.07. The molecule has 10 heteroatoms. The van der Waals surface area contributed by atoms with Crippen LogP contribution in [-0.4, -0.2) is 74.5 Å². The van der Waals surface area contributed by atoms with Crippen molar-refractivity contribution in [3.63, 3.8) is 0 Å². The Hall–Kier alpha value is -3.53. The Bertz CT molecular complexity index is 1080. The van der Waals surface area contributed by atoms with E-state index in [2.05, 4.69) is 25.1 Å². The van der Waals surface area contributed by atoms with E-state index in [0.29, 0.717) is 28.8 Å². The van der Waals surface area contributed by atoms with Crippen molar-refractivity contribution in [3.8, 4) is 11.4 Å². The van der Waals surface area contributed by atoms with Gasteiger partial charge in [-0.25, -0.2) is 9.97 Å². The highest BCUT2D eigenvalue weighted by molar-refractivity contribution is 5.98. The number of anilines is 1. The second-order valence-electron chi connectivity index (χ2n) is 8.29. The number of hydrogen-bond donors (Lipinski definition) is 0. The summed E-state index contributed by atoms with van der Waals surface area (Å²) in [6.45, 7) is 7.18. The molecule has 2 atom stereocenters. The van der Waals surface area contributed by atoms with Crippen molar-refractivity contribution in [2.75, 3.05) is 38.2 Å². The molecule has 2 fully saturated rings. The first-order valence-corrected chi connectivity index (χ1v) is 10.4. The molecule has 1 amide bonds. The average Bonchev–Trinajstić information content (AvgIpc) is 3.48. The molecule has 2 N–H and O–H groups in total. The summed E-state index contributed by atoms with van der Waals surface area (Å²) >= 11 is 0. The molecule has 1 aromatic carbocycles. The van der Waals surface area contributed by atoms with Crippen LogP contribution in [0.25, 0.3) is 5.69 Å². The number of carbonyl (C=O) groups excluding carboxylic acids is 1. The minimum atomic E-state index is -0.00134. The molecule has 168 valence electrons. The zero-order valence-electron chi connectivity index (χ0n) is 18.4. The number of carbonyl (C=O) groups is 1. The molecule has 0 aliphatic carbocycles. The summed E-state index contributed by atoms with van der Waals surface area (Å²) in [4.78, 5) is 28.3. The van der Waals surface area contributed by atoms with Crippen LogP contribution in [0.5, 0.6) is 5.75 Å². The van der Waals surface area contributed by atoms with Crippen LogP contribution in [0, 0.1) is 25.7 Å². The van der Waals surface area contributed by atoms with Gasteiger partial charge in [-0.3, -0.25) is 4.79 Å². The smallest absolute Gasteiger partial charge is 0.256 e. The van der Waals surface area contributed by atoms with Crippen LogP contribution in [0.1, 0.15) is 21.7 Å². The molecule has 0 bridgehead atoms. The molecule has 4 heterocycles. The number of likely N-dealkylation sites (tertiary alicyclic amines) is 1. The Morgan fingerprint density at radius 3 is 2.19 bits per heavy atom. The Morgan fingerprint density at radius 2 is 1.59 bits per heavy atom. The van der Waals surface area contributed by atoms with E-state index in [9.17, 15) is 4.79 Å². The van der Waals surface area contributed by atoms with E-state index in [-0.39, 0.29) is 11.4 Å². The average molecular weight is 438 g/mol. The number of rotatable bonds is 4. The lowest BCUT2D eigenvalue weighted by Crippen LogP contribution is -2.34. The van der Waals surface area contributed by atoms with Gasteiger partial charge < -0.3 is 20.0 Å². The number of benzene rings is 1. The van der Waals surface area contributed by atoms with E-state index in [0.717, 1.165) is 43.5 Å². The third-order valence-corrected chi connectivity index (χ3v) is 6.10. The van der Waals surface area contributed by atoms with Crippen LogP contribution in [-0.2, 0) is 0 Å². The highest BCUT2D eigenvalue weighted by Gasteiger charge is 2.43. The topological polar surface area (TPSA) is 121 Å². The quantitative estimate of drug-likeness (QED) is 0.598. The van der Waals surface area contributed by atoms with Crippen LogP contribution >= 0.6 is 0 Å². The van der Waals surface area contributed by atoms with Gasteiger partial charge in [0.05, 0.1) is 25.1 Å². The largest absolute Gasteiger partial charge is 0.497 e. The number of fused-ring (bicyclic) bond motifs is 1. The van der Waals surface area contributed by atoms with E-state index in [1.54, 1.807) is 37.7 Å². The van der Waals surface area contributed by atoms with E-state index < -0.39 is 0 Å². The maximum absolute atomic E-state index is 13.4. The van der Waals surface area contributed by atoms with Crippen LogP contribution < -0.4 is 9.64 Å². The molecular weight excluding hydrogens is 410 g/mol. The maximum atomic E-state index is 13.4. The van der Waals surface area contributed by atoms with Gasteiger partial charge in [-0.05, 0) is 32.0 Å². The summed E-state index contributed by atoms with van der Waals surface area (Å²) in [7, 11) is 1.60. The zero-order valence-corrected chi connectivity index (χ0v) is 18.4. The fraction of sp³-hybridized carbons (Fsp3) is 0.409. The molecule has 0 spiro atoms. The first kappa shape index (κ1) is 21.7. The Balaban J connectivity index is 0.00000245. The molecule has 2 aliphatic heterocycles. The highest BCUT2D eigenvalue weighted by atomic mass is 16.5. The van der Waals surface area contributed by atoms with Gasteiger partial charge in [0, 0.05) is 55.5 Å². The van der Waals surface area contributed by atoms with Crippen molar-refractivity contribution < 1.29 is 15.0 Å². The maximum Gasteiger partial charge on any atom is 0.256 e. The number of aryl methyl sites for hydroxylation is 2. The molecule has 0 saturated carbocycles. The molecule has 3 aromatic rings. The van der Waals surface area contributed by atoms with Gasteiger partial charge in [-0.15, -0.1) is 0 Å². The summed E-state index contributed by atoms with van der Waals surface area (Å²) in [5.74, 6) is 2.28. The minimum absolute atomic E-state index is 0. The van der Waals surface area contributed by atoms with Crippen LogP contribution in [0.15, 0.2) is 36.7 Å². The van der Waals surface area contributed by atoms with Gasteiger partial charge in [-0.2, -0.15) is 15.0 Å². The van der Waals surface area contributed by atoms with Crippen molar-refractivity contribution in [2.45, 2.75) is 13.8 Å². The van der Waals surface area contributed by atoms with Crippen LogP contribution in [0.4, 0.5) is 5.95 Å². The first-order chi connectivity index (χ1) is 15.0. The van der Waals surface area contributed by atoms with E-state index in [1.165, 1.54) is 4.80 Å². The van der Waals surface area contributed by atoms with Gasteiger partial charge in [-0.1, -0.05) is 0 Å². The molecule has 32 heavy (non-hydrogen) atoms. The third kappa shape index (κ3) is 3.89. The van der Waals surface area contributed by atoms with Crippen LogP contribution in [0.2, 0.25) is 0 Å². The van der Waals surface area contributed by atoms with Crippen molar-refractivity contribution in [1.82, 2.24) is 29.9 Å². The van der Waals surface area contributed by atoms with Crippen molar-refractivity contribution in [3.05, 3.63) is 53.6 Å². The van der Waals surface area contributed by atoms with Gasteiger partial charge in [0.1, 0.15) is 11.4 Å². The van der Waals surface area contributed by atoms with Gasteiger partial charge in [0.15, 0.2) is 0 Å².